The van der Waals surface area contributed by atoms with Crippen molar-refractivity contribution in [1.82, 2.24) is 9.38 Å². The highest BCUT2D eigenvalue weighted by Gasteiger charge is 2.15. The molecule has 0 amide bonds. The molecule has 3 aromatic heterocycles. The highest BCUT2D eigenvalue weighted by atomic mass is 32.1. The summed E-state index contributed by atoms with van der Waals surface area (Å²) in [6.07, 6.45) is 5.46. The van der Waals surface area contributed by atoms with E-state index in [2.05, 4.69) is 4.98 Å². The molecule has 0 aromatic carbocycles. The fourth-order valence-electron chi connectivity index (χ4n) is 1.92. The van der Waals surface area contributed by atoms with E-state index >= 15 is 0 Å². The minimum atomic E-state index is -0.557. The minimum Gasteiger partial charge on any atom is -0.469 e. The SMILES string of the molecule is Cc1occc1C(O)Cc1cn2ccsc2n1. The van der Waals surface area contributed by atoms with Crippen LogP contribution in [0, 0.1) is 6.92 Å². The van der Waals surface area contributed by atoms with E-state index in [1.807, 2.05) is 29.1 Å². The fourth-order valence-corrected chi connectivity index (χ4v) is 2.64. The molecule has 0 fully saturated rings. The number of hydrogen-bond donors (Lipinski definition) is 1. The quantitative estimate of drug-likeness (QED) is 0.775. The average Bonchev–Trinajstić information content (AvgIpc) is 2.92. The number of nitrogens with zero attached hydrogens (tertiary/aromatic N) is 2. The lowest BCUT2D eigenvalue weighted by molar-refractivity contribution is 0.175. The van der Waals surface area contributed by atoms with Gasteiger partial charge in [-0.05, 0) is 13.0 Å². The van der Waals surface area contributed by atoms with E-state index in [4.69, 9.17) is 4.42 Å². The Balaban J connectivity index is 1.83. The van der Waals surface area contributed by atoms with E-state index in [0.29, 0.717) is 6.42 Å². The van der Waals surface area contributed by atoms with Crippen molar-refractivity contribution in [2.75, 3.05) is 0 Å². The van der Waals surface area contributed by atoms with Gasteiger partial charge in [0.2, 0.25) is 0 Å². The third-order valence-corrected chi connectivity index (χ3v) is 3.57. The van der Waals surface area contributed by atoms with Crippen LogP contribution in [0.2, 0.25) is 0 Å². The molecule has 0 bridgehead atoms. The third-order valence-electron chi connectivity index (χ3n) is 2.80. The number of aliphatic hydroxyl groups excluding tert-OH is 1. The Morgan fingerprint density at radius 3 is 3.18 bits per heavy atom. The fraction of sp³-hybridized carbons (Fsp3) is 0.250. The Hall–Kier alpha value is -1.59. The Bertz CT molecular complexity index is 609. The van der Waals surface area contributed by atoms with Gasteiger partial charge in [-0.15, -0.1) is 11.3 Å². The van der Waals surface area contributed by atoms with Crippen molar-refractivity contribution < 1.29 is 9.52 Å². The smallest absolute Gasteiger partial charge is 0.193 e. The number of thiazole rings is 1. The summed E-state index contributed by atoms with van der Waals surface area (Å²) in [5.74, 6) is 0.763. The molecule has 0 saturated carbocycles. The second kappa shape index (κ2) is 4.01. The molecule has 17 heavy (non-hydrogen) atoms. The Kier molecular flexibility index (Phi) is 2.49. The predicted molar refractivity (Wildman–Crippen MR) is 65.2 cm³/mol. The number of rotatable bonds is 3. The molecule has 88 valence electrons. The van der Waals surface area contributed by atoms with Gasteiger partial charge in [0.05, 0.1) is 18.1 Å². The van der Waals surface area contributed by atoms with E-state index in [0.717, 1.165) is 22.0 Å². The van der Waals surface area contributed by atoms with Crippen molar-refractivity contribution in [2.24, 2.45) is 0 Å². The molecule has 1 atom stereocenters. The van der Waals surface area contributed by atoms with E-state index in [-0.39, 0.29) is 0 Å². The first-order valence-corrected chi connectivity index (χ1v) is 6.25. The largest absolute Gasteiger partial charge is 0.469 e. The molecule has 3 aromatic rings. The summed E-state index contributed by atoms with van der Waals surface area (Å²) in [6, 6.07) is 1.80. The van der Waals surface area contributed by atoms with Gasteiger partial charge in [0, 0.05) is 29.8 Å². The second-order valence-electron chi connectivity index (χ2n) is 3.98. The van der Waals surface area contributed by atoms with Gasteiger partial charge >= 0.3 is 0 Å². The predicted octanol–water partition coefficient (Wildman–Crippen LogP) is 2.57. The molecule has 0 radical (unpaired) electrons. The van der Waals surface area contributed by atoms with Crippen molar-refractivity contribution in [3.05, 3.63) is 47.1 Å². The standard InChI is InChI=1S/C12H12N2O2S/c1-8-10(2-4-16-8)11(15)6-9-7-14-3-5-17-12(14)13-9/h2-5,7,11,15H,6H2,1H3. The maximum absolute atomic E-state index is 10.1. The summed E-state index contributed by atoms with van der Waals surface area (Å²) in [6.45, 7) is 1.85. The number of fused-ring (bicyclic) bond motifs is 1. The minimum absolute atomic E-state index is 0.509. The van der Waals surface area contributed by atoms with Gasteiger partial charge in [0.25, 0.3) is 0 Å². The van der Waals surface area contributed by atoms with Gasteiger partial charge < -0.3 is 9.52 Å². The molecule has 3 rings (SSSR count). The maximum Gasteiger partial charge on any atom is 0.193 e. The summed E-state index contributed by atoms with van der Waals surface area (Å²) in [5.41, 5.74) is 1.73. The van der Waals surface area contributed by atoms with Gasteiger partial charge in [0.15, 0.2) is 4.96 Å². The Morgan fingerprint density at radius 2 is 2.47 bits per heavy atom. The molecule has 0 saturated heterocycles. The van der Waals surface area contributed by atoms with E-state index < -0.39 is 6.10 Å². The topological polar surface area (TPSA) is 50.7 Å². The van der Waals surface area contributed by atoms with Crippen LogP contribution < -0.4 is 0 Å². The van der Waals surface area contributed by atoms with E-state index in [1.54, 1.807) is 23.7 Å². The number of furan rings is 1. The van der Waals surface area contributed by atoms with Crippen molar-refractivity contribution in [1.29, 1.82) is 0 Å². The number of hydrogen-bond acceptors (Lipinski definition) is 4. The molecule has 0 spiro atoms. The first kappa shape index (κ1) is 10.6. The van der Waals surface area contributed by atoms with Gasteiger partial charge in [-0.2, -0.15) is 0 Å². The molecule has 0 aliphatic heterocycles. The van der Waals surface area contributed by atoms with E-state index in [1.165, 1.54) is 0 Å². The third kappa shape index (κ3) is 1.87. The maximum atomic E-state index is 10.1. The number of aliphatic hydroxyl groups is 1. The number of aryl methyl sites for hydroxylation is 1. The normalized spacial score (nSPS) is 13.3. The van der Waals surface area contributed by atoms with E-state index in [9.17, 15) is 5.11 Å². The summed E-state index contributed by atoms with van der Waals surface area (Å²) >= 11 is 1.59. The molecule has 4 nitrogen and oxygen atoms in total. The van der Waals surface area contributed by atoms with Crippen LogP contribution in [-0.4, -0.2) is 14.5 Å². The van der Waals surface area contributed by atoms with Crippen LogP contribution in [0.4, 0.5) is 0 Å². The number of aromatic nitrogens is 2. The van der Waals surface area contributed by atoms with Crippen LogP contribution in [0.25, 0.3) is 4.96 Å². The molecule has 1 unspecified atom stereocenters. The monoisotopic (exact) mass is 248 g/mol. The second-order valence-corrected chi connectivity index (χ2v) is 4.85. The molecular weight excluding hydrogens is 236 g/mol. The van der Waals surface area contributed by atoms with Gasteiger partial charge in [-0.3, -0.25) is 4.40 Å². The van der Waals surface area contributed by atoms with Crippen molar-refractivity contribution in [3.63, 3.8) is 0 Å². The van der Waals surface area contributed by atoms with Gasteiger partial charge in [0.1, 0.15) is 5.76 Å². The van der Waals surface area contributed by atoms with Crippen LogP contribution in [0.3, 0.4) is 0 Å². The summed E-state index contributed by atoms with van der Waals surface area (Å²) < 4.78 is 7.15. The zero-order valence-electron chi connectivity index (χ0n) is 9.33. The highest BCUT2D eigenvalue weighted by Crippen LogP contribution is 2.22. The van der Waals surface area contributed by atoms with Crippen LogP contribution in [-0.2, 0) is 6.42 Å². The molecule has 1 N–H and O–H groups in total. The highest BCUT2D eigenvalue weighted by molar-refractivity contribution is 7.15. The first-order chi connectivity index (χ1) is 8.24. The summed E-state index contributed by atoms with van der Waals surface area (Å²) in [7, 11) is 0. The van der Waals surface area contributed by atoms with Crippen LogP contribution in [0.5, 0.6) is 0 Å². The summed E-state index contributed by atoms with van der Waals surface area (Å²) in [5, 5.41) is 12.1. The Labute approximate surface area is 102 Å². The zero-order valence-corrected chi connectivity index (χ0v) is 10.1. The zero-order chi connectivity index (χ0) is 11.8. The lowest BCUT2D eigenvalue weighted by atomic mass is 10.1. The average molecular weight is 248 g/mol. The first-order valence-electron chi connectivity index (χ1n) is 5.37. The van der Waals surface area contributed by atoms with Gasteiger partial charge in [-0.1, -0.05) is 0 Å². The van der Waals surface area contributed by atoms with Crippen LogP contribution in [0.1, 0.15) is 23.1 Å². The molecule has 5 heteroatoms. The van der Waals surface area contributed by atoms with Crippen LogP contribution in [0.15, 0.2) is 34.5 Å². The number of imidazole rings is 1. The molecule has 0 aliphatic rings. The summed E-state index contributed by atoms with van der Waals surface area (Å²) in [4.78, 5) is 5.40. The molecular formula is C12H12N2O2S. The molecule has 0 aliphatic carbocycles. The van der Waals surface area contributed by atoms with Crippen LogP contribution >= 0.6 is 11.3 Å². The lowest BCUT2D eigenvalue weighted by Gasteiger charge is -2.06. The van der Waals surface area contributed by atoms with Crippen molar-refractivity contribution in [2.45, 2.75) is 19.4 Å². The lowest BCUT2D eigenvalue weighted by Crippen LogP contribution is -2.02. The molecule has 3 heterocycles. The van der Waals surface area contributed by atoms with Crippen molar-refractivity contribution >= 4 is 16.3 Å². The van der Waals surface area contributed by atoms with Crippen molar-refractivity contribution in [3.8, 4) is 0 Å². The Morgan fingerprint density at radius 1 is 1.59 bits per heavy atom. The van der Waals surface area contributed by atoms with Gasteiger partial charge in [-0.25, -0.2) is 4.98 Å².